The first-order valence-electron chi connectivity index (χ1n) is 19.0. The molecule has 260 valence electrons. The van der Waals surface area contributed by atoms with Crippen molar-refractivity contribution in [1.82, 2.24) is 14.5 Å². The van der Waals surface area contributed by atoms with Crippen molar-refractivity contribution in [2.45, 2.75) is 0 Å². The van der Waals surface area contributed by atoms with Crippen molar-refractivity contribution in [3.8, 4) is 39.6 Å². The van der Waals surface area contributed by atoms with E-state index in [0.29, 0.717) is 5.82 Å². The van der Waals surface area contributed by atoms with Crippen LogP contribution < -0.4 is 0 Å². The lowest BCUT2D eigenvalue weighted by atomic mass is 9.94. The van der Waals surface area contributed by atoms with E-state index < -0.39 is 0 Å². The van der Waals surface area contributed by atoms with Gasteiger partial charge in [0.05, 0.1) is 22.4 Å². The number of benzene rings is 9. The molecule has 56 heavy (non-hydrogen) atoms. The average Bonchev–Trinajstić information content (AvgIpc) is 3.85. The maximum atomic E-state index is 5.15. The zero-order valence-electron chi connectivity index (χ0n) is 30.1. The molecule has 0 N–H and O–H groups in total. The van der Waals surface area contributed by atoms with Crippen LogP contribution in [0.2, 0.25) is 0 Å². The quantitative estimate of drug-likeness (QED) is 0.169. The van der Waals surface area contributed by atoms with Crippen molar-refractivity contribution in [3.05, 3.63) is 188 Å². The zero-order chi connectivity index (χ0) is 36.7. The molecule has 0 amide bonds. The van der Waals surface area contributed by atoms with Crippen LogP contribution in [0, 0.1) is 0 Å². The molecule has 4 heteroatoms. The van der Waals surface area contributed by atoms with Crippen molar-refractivity contribution in [1.29, 1.82) is 0 Å². The first-order chi connectivity index (χ1) is 27.8. The standard InChI is InChI=1S/C52H31N3S/c1-3-15-32(16-4-1)43-31-44(54-52(53-43)34-17-5-2-6-18-34)33-27-29-35(30-28-33)55-49-40-23-11-8-20-37(40)36-19-7-9-21-38(36)46(49)47-39-22-10-12-24-41(39)51-48(50(47)55)42-25-13-14-26-45(42)56-51/h1-31H. The molecule has 0 unspecified atom stereocenters. The molecular weight excluding hydrogens is 699 g/mol. The highest BCUT2D eigenvalue weighted by Crippen LogP contribution is 2.51. The van der Waals surface area contributed by atoms with E-state index in [9.17, 15) is 0 Å². The molecule has 3 aromatic heterocycles. The van der Waals surface area contributed by atoms with E-state index in [1.165, 1.54) is 74.3 Å². The third-order valence-electron chi connectivity index (χ3n) is 11.4. The summed E-state index contributed by atoms with van der Waals surface area (Å²) in [7, 11) is 0. The first-order valence-corrected chi connectivity index (χ1v) is 19.8. The molecule has 0 radical (unpaired) electrons. The van der Waals surface area contributed by atoms with Gasteiger partial charge in [0.2, 0.25) is 0 Å². The number of rotatable bonds is 4. The summed E-state index contributed by atoms with van der Waals surface area (Å²) in [6.45, 7) is 0. The van der Waals surface area contributed by atoms with Crippen molar-refractivity contribution in [2.24, 2.45) is 0 Å². The highest BCUT2D eigenvalue weighted by molar-refractivity contribution is 7.27. The highest BCUT2D eigenvalue weighted by atomic mass is 32.1. The van der Waals surface area contributed by atoms with Crippen LogP contribution in [0.3, 0.4) is 0 Å². The van der Waals surface area contributed by atoms with E-state index in [0.717, 1.165) is 33.8 Å². The Balaban J connectivity index is 1.20. The van der Waals surface area contributed by atoms with Gasteiger partial charge in [-0.2, -0.15) is 0 Å². The van der Waals surface area contributed by atoms with Gasteiger partial charge in [0.25, 0.3) is 0 Å². The Bertz CT molecular complexity index is 3450. The van der Waals surface area contributed by atoms with Crippen LogP contribution >= 0.6 is 11.3 Å². The van der Waals surface area contributed by atoms with Gasteiger partial charge in [0, 0.05) is 64.1 Å². The summed E-state index contributed by atoms with van der Waals surface area (Å²) in [6, 6.07) is 67.5. The molecule has 0 saturated carbocycles. The molecule has 0 aliphatic rings. The highest BCUT2D eigenvalue weighted by Gasteiger charge is 2.25. The Kier molecular flexibility index (Phi) is 6.80. The molecule has 3 heterocycles. The fourth-order valence-electron chi connectivity index (χ4n) is 8.93. The fourth-order valence-corrected chi connectivity index (χ4v) is 10.2. The van der Waals surface area contributed by atoms with E-state index >= 15 is 0 Å². The van der Waals surface area contributed by atoms with Crippen molar-refractivity contribution in [2.75, 3.05) is 0 Å². The second-order valence-corrected chi connectivity index (χ2v) is 15.5. The summed E-state index contributed by atoms with van der Waals surface area (Å²) in [6.07, 6.45) is 0. The van der Waals surface area contributed by atoms with Gasteiger partial charge in [0.15, 0.2) is 5.82 Å². The number of fused-ring (bicyclic) bond motifs is 15. The summed E-state index contributed by atoms with van der Waals surface area (Å²) in [5.41, 5.74) is 8.48. The lowest BCUT2D eigenvalue weighted by molar-refractivity contribution is 1.17. The molecule has 12 rings (SSSR count). The molecule has 0 aliphatic heterocycles. The Morgan fingerprint density at radius 2 is 0.839 bits per heavy atom. The minimum atomic E-state index is 0.713. The number of thiophene rings is 1. The van der Waals surface area contributed by atoms with Gasteiger partial charge in [-0.05, 0) is 45.8 Å². The molecule has 0 bridgehead atoms. The van der Waals surface area contributed by atoms with Crippen LogP contribution in [0.5, 0.6) is 0 Å². The number of nitrogens with zero attached hydrogens (tertiary/aromatic N) is 3. The maximum absolute atomic E-state index is 5.15. The van der Waals surface area contributed by atoms with E-state index in [1.54, 1.807) is 0 Å². The molecular formula is C52H31N3S. The average molecular weight is 730 g/mol. The van der Waals surface area contributed by atoms with Crippen LogP contribution in [-0.4, -0.2) is 14.5 Å². The lowest BCUT2D eigenvalue weighted by Gasteiger charge is -2.14. The van der Waals surface area contributed by atoms with Crippen molar-refractivity contribution in [3.63, 3.8) is 0 Å². The van der Waals surface area contributed by atoms with Gasteiger partial charge in [-0.1, -0.05) is 164 Å². The molecule has 12 aromatic rings. The Morgan fingerprint density at radius 1 is 0.357 bits per heavy atom. The number of hydrogen-bond acceptors (Lipinski definition) is 3. The Labute approximate surface area is 326 Å². The zero-order valence-corrected chi connectivity index (χ0v) is 31.0. The smallest absolute Gasteiger partial charge is 0.160 e. The van der Waals surface area contributed by atoms with E-state index in [-0.39, 0.29) is 0 Å². The molecule has 3 nitrogen and oxygen atoms in total. The molecule has 0 aliphatic carbocycles. The van der Waals surface area contributed by atoms with Crippen LogP contribution in [0.25, 0.3) is 114 Å². The second kappa shape index (κ2) is 12.2. The molecule has 9 aromatic carbocycles. The first kappa shape index (κ1) is 31.2. The minimum Gasteiger partial charge on any atom is -0.308 e. The van der Waals surface area contributed by atoms with Gasteiger partial charge in [-0.15, -0.1) is 11.3 Å². The molecule has 0 saturated heterocycles. The SMILES string of the molecule is c1ccc(-c2cc(-c3ccc(-n4c5c6ccccc6c6ccccc6c5c5c6ccccc6c6sc7ccccc7c6c54)cc3)nc(-c3ccccc3)n2)cc1. The topological polar surface area (TPSA) is 30.7 Å². The van der Waals surface area contributed by atoms with Gasteiger partial charge >= 0.3 is 0 Å². The van der Waals surface area contributed by atoms with Gasteiger partial charge in [0.1, 0.15) is 0 Å². The fraction of sp³-hybridized carbons (Fsp3) is 0. The Morgan fingerprint density at radius 3 is 1.52 bits per heavy atom. The van der Waals surface area contributed by atoms with Crippen LogP contribution in [-0.2, 0) is 0 Å². The van der Waals surface area contributed by atoms with Crippen molar-refractivity contribution >= 4 is 85.6 Å². The molecule has 0 spiro atoms. The normalized spacial score (nSPS) is 11.9. The summed E-state index contributed by atoms with van der Waals surface area (Å²) in [5, 5.41) is 12.8. The third-order valence-corrected chi connectivity index (χ3v) is 12.6. The number of hydrogen-bond donors (Lipinski definition) is 0. The van der Waals surface area contributed by atoms with E-state index in [2.05, 4.69) is 168 Å². The van der Waals surface area contributed by atoms with E-state index in [4.69, 9.17) is 9.97 Å². The summed E-state index contributed by atoms with van der Waals surface area (Å²) in [4.78, 5) is 10.2. The summed E-state index contributed by atoms with van der Waals surface area (Å²) < 4.78 is 5.18. The predicted octanol–water partition coefficient (Wildman–Crippen LogP) is 14.4. The summed E-state index contributed by atoms with van der Waals surface area (Å²) >= 11 is 1.90. The predicted molar refractivity (Wildman–Crippen MR) is 238 cm³/mol. The largest absolute Gasteiger partial charge is 0.308 e. The minimum absolute atomic E-state index is 0.713. The maximum Gasteiger partial charge on any atom is 0.160 e. The van der Waals surface area contributed by atoms with Gasteiger partial charge in [-0.25, -0.2) is 9.97 Å². The Hall–Kier alpha value is -7.14. The van der Waals surface area contributed by atoms with E-state index in [1.807, 2.05) is 35.6 Å². The molecule has 0 atom stereocenters. The third kappa shape index (κ3) is 4.57. The second-order valence-electron chi connectivity index (χ2n) is 14.5. The van der Waals surface area contributed by atoms with Crippen LogP contribution in [0.1, 0.15) is 0 Å². The van der Waals surface area contributed by atoms with Crippen LogP contribution in [0.15, 0.2) is 188 Å². The van der Waals surface area contributed by atoms with Crippen LogP contribution in [0.4, 0.5) is 0 Å². The molecule has 0 fully saturated rings. The van der Waals surface area contributed by atoms with Gasteiger partial charge in [-0.3, -0.25) is 0 Å². The van der Waals surface area contributed by atoms with Gasteiger partial charge < -0.3 is 4.57 Å². The lowest BCUT2D eigenvalue weighted by Crippen LogP contribution is -1.97. The monoisotopic (exact) mass is 729 g/mol. The number of aromatic nitrogens is 3. The summed E-state index contributed by atoms with van der Waals surface area (Å²) in [5.74, 6) is 0.713. The van der Waals surface area contributed by atoms with Crippen molar-refractivity contribution < 1.29 is 0 Å².